The van der Waals surface area contributed by atoms with Gasteiger partial charge in [-0.05, 0) is 70.8 Å². The van der Waals surface area contributed by atoms with E-state index in [0.29, 0.717) is 5.41 Å². The molecule has 1 spiro atoms. The van der Waals surface area contributed by atoms with Crippen molar-refractivity contribution < 1.29 is 0 Å². The minimum atomic E-state index is 0.613. The third-order valence-corrected chi connectivity index (χ3v) is 5.26. The molecule has 2 aliphatic rings. The van der Waals surface area contributed by atoms with E-state index in [1.807, 2.05) is 0 Å². The van der Waals surface area contributed by atoms with E-state index in [9.17, 15) is 0 Å². The second-order valence-corrected chi connectivity index (χ2v) is 7.30. The minimum absolute atomic E-state index is 0.613. The van der Waals surface area contributed by atoms with Crippen LogP contribution in [0.3, 0.4) is 0 Å². The third kappa shape index (κ3) is 2.82. The van der Waals surface area contributed by atoms with E-state index in [1.165, 1.54) is 45.2 Å². The molecular formula is C17H31N. The smallest absolute Gasteiger partial charge is 0.00439 e. The molecule has 104 valence electrons. The van der Waals surface area contributed by atoms with Gasteiger partial charge in [-0.3, -0.25) is 0 Å². The maximum absolute atomic E-state index is 2.71. The van der Waals surface area contributed by atoms with Crippen molar-refractivity contribution in [1.29, 1.82) is 0 Å². The van der Waals surface area contributed by atoms with Gasteiger partial charge in [-0.1, -0.05) is 25.0 Å². The van der Waals surface area contributed by atoms with Crippen molar-refractivity contribution in [1.82, 2.24) is 4.90 Å². The zero-order chi connectivity index (χ0) is 13.3. The molecule has 0 bridgehead atoms. The van der Waals surface area contributed by atoms with Crippen LogP contribution in [-0.4, -0.2) is 24.0 Å². The molecule has 1 aliphatic carbocycles. The Morgan fingerprint density at radius 2 is 1.83 bits per heavy atom. The van der Waals surface area contributed by atoms with Gasteiger partial charge in [0, 0.05) is 12.6 Å². The fourth-order valence-electron chi connectivity index (χ4n) is 3.99. The van der Waals surface area contributed by atoms with Gasteiger partial charge in [-0.2, -0.15) is 0 Å². The van der Waals surface area contributed by atoms with Gasteiger partial charge < -0.3 is 4.90 Å². The van der Waals surface area contributed by atoms with Crippen LogP contribution in [0.5, 0.6) is 0 Å². The van der Waals surface area contributed by atoms with Gasteiger partial charge in [0.2, 0.25) is 0 Å². The summed E-state index contributed by atoms with van der Waals surface area (Å²) in [4.78, 5) is 2.71. The van der Waals surface area contributed by atoms with E-state index >= 15 is 0 Å². The molecular weight excluding hydrogens is 218 g/mol. The summed E-state index contributed by atoms with van der Waals surface area (Å²) in [6, 6.07) is 0.719. The lowest BCUT2D eigenvalue weighted by Crippen LogP contribution is -2.47. The topological polar surface area (TPSA) is 3.24 Å². The van der Waals surface area contributed by atoms with Gasteiger partial charge in [0.1, 0.15) is 0 Å². The van der Waals surface area contributed by atoms with Crippen molar-refractivity contribution in [2.24, 2.45) is 11.3 Å². The molecule has 1 nitrogen and oxygen atoms in total. The molecule has 0 N–H and O–H groups in total. The van der Waals surface area contributed by atoms with E-state index in [4.69, 9.17) is 0 Å². The van der Waals surface area contributed by atoms with Crippen LogP contribution in [0.4, 0.5) is 0 Å². The van der Waals surface area contributed by atoms with Crippen LogP contribution >= 0.6 is 0 Å². The Bertz CT molecular complexity index is 327. The number of hydrogen-bond acceptors (Lipinski definition) is 1. The molecule has 0 saturated carbocycles. The molecule has 1 unspecified atom stereocenters. The van der Waals surface area contributed by atoms with Gasteiger partial charge >= 0.3 is 0 Å². The fourth-order valence-corrected chi connectivity index (χ4v) is 3.99. The Hall–Kier alpha value is -0.300. The highest BCUT2D eigenvalue weighted by atomic mass is 15.2. The highest BCUT2D eigenvalue weighted by molar-refractivity contribution is 5.21. The third-order valence-electron chi connectivity index (χ3n) is 5.26. The molecule has 1 fully saturated rings. The molecule has 1 saturated heterocycles. The molecule has 0 aromatic heterocycles. The lowest BCUT2D eigenvalue weighted by molar-refractivity contribution is 0.0529. The van der Waals surface area contributed by atoms with Crippen LogP contribution in [0.1, 0.15) is 66.7 Å². The summed E-state index contributed by atoms with van der Waals surface area (Å²) in [5.74, 6) is 0.747. The van der Waals surface area contributed by atoms with Crippen LogP contribution in [-0.2, 0) is 0 Å². The Morgan fingerprint density at radius 3 is 2.44 bits per heavy atom. The second kappa shape index (κ2) is 5.36. The monoisotopic (exact) mass is 249 g/mol. The average molecular weight is 249 g/mol. The summed E-state index contributed by atoms with van der Waals surface area (Å²) in [5, 5.41) is 0. The molecule has 0 aromatic rings. The standard InChI is InChI=1S/C17H31N/c1-13(2)16-11-17(9-7-15(16)5)8-6-10-18(12-17)14(3)4/h13-14H,6-12H2,1-5H3. The fraction of sp³-hybridized carbons (Fsp3) is 0.882. The maximum Gasteiger partial charge on any atom is 0.00439 e. The summed E-state index contributed by atoms with van der Waals surface area (Å²) < 4.78 is 0. The summed E-state index contributed by atoms with van der Waals surface area (Å²) in [6.45, 7) is 14.5. The van der Waals surface area contributed by atoms with Crippen LogP contribution in [0.15, 0.2) is 11.1 Å². The Balaban J connectivity index is 2.13. The average Bonchev–Trinajstić information content (AvgIpc) is 2.32. The quantitative estimate of drug-likeness (QED) is 0.645. The molecule has 2 rings (SSSR count). The molecule has 1 heteroatoms. The van der Waals surface area contributed by atoms with E-state index in [2.05, 4.69) is 39.5 Å². The molecule has 0 radical (unpaired) electrons. The zero-order valence-corrected chi connectivity index (χ0v) is 13.1. The Labute approximate surface area is 114 Å². The Kier molecular flexibility index (Phi) is 4.21. The number of likely N-dealkylation sites (tertiary alicyclic amines) is 1. The predicted molar refractivity (Wildman–Crippen MR) is 79.8 cm³/mol. The SMILES string of the molecule is CC1=C(C(C)C)CC2(CCCN(C(C)C)C2)CC1. The van der Waals surface area contributed by atoms with Crippen molar-refractivity contribution in [3.05, 3.63) is 11.1 Å². The Morgan fingerprint density at radius 1 is 1.11 bits per heavy atom. The summed E-state index contributed by atoms with van der Waals surface area (Å²) in [6.07, 6.45) is 7.01. The number of nitrogens with zero attached hydrogens (tertiary/aromatic N) is 1. The van der Waals surface area contributed by atoms with Gasteiger partial charge in [-0.15, -0.1) is 0 Å². The van der Waals surface area contributed by atoms with E-state index in [0.717, 1.165) is 12.0 Å². The lowest BCUT2D eigenvalue weighted by Gasteiger charge is -2.48. The summed E-state index contributed by atoms with van der Waals surface area (Å²) in [5.41, 5.74) is 4.07. The highest BCUT2D eigenvalue weighted by Gasteiger charge is 2.39. The van der Waals surface area contributed by atoms with E-state index in [-0.39, 0.29) is 0 Å². The van der Waals surface area contributed by atoms with Crippen molar-refractivity contribution >= 4 is 0 Å². The van der Waals surface area contributed by atoms with Gasteiger partial charge in [0.15, 0.2) is 0 Å². The summed E-state index contributed by atoms with van der Waals surface area (Å²) in [7, 11) is 0. The van der Waals surface area contributed by atoms with Crippen molar-refractivity contribution in [3.8, 4) is 0 Å². The first-order valence-corrected chi connectivity index (χ1v) is 7.86. The van der Waals surface area contributed by atoms with Crippen LogP contribution in [0.2, 0.25) is 0 Å². The van der Waals surface area contributed by atoms with Gasteiger partial charge in [0.05, 0.1) is 0 Å². The number of rotatable bonds is 2. The van der Waals surface area contributed by atoms with Crippen molar-refractivity contribution in [3.63, 3.8) is 0 Å². The van der Waals surface area contributed by atoms with Crippen molar-refractivity contribution in [2.75, 3.05) is 13.1 Å². The van der Waals surface area contributed by atoms with Gasteiger partial charge in [0.25, 0.3) is 0 Å². The largest absolute Gasteiger partial charge is 0.300 e. The van der Waals surface area contributed by atoms with Crippen molar-refractivity contribution in [2.45, 2.75) is 72.8 Å². The van der Waals surface area contributed by atoms with E-state index in [1.54, 1.807) is 11.1 Å². The molecule has 18 heavy (non-hydrogen) atoms. The number of hydrogen-bond donors (Lipinski definition) is 0. The molecule has 0 aromatic carbocycles. The first kappa shape index (κ1) is 14.1. The predicted octanol–water partition coefficient (Wildman–Crippen LogP) is 4.63. The van der Waals surface area contributed by atoms with Crippen LogP contribution in [0.25, 0.3) is 0 Å². The number of piperidine rings is 1. The van der Waals surface area contributed by atoms with E-state index < -0.39 is 0 Å². The first-order valence-electron chi connectivity index (χ1n) is 7.86. The van der Waals surface area contributed by atoms with Gasteiger partial charge in [-0.25, -0.2) is 0 Å². The highest BCUT2D eigenvalue weighted by Crippen LogP contribution is 2.47. The normalized spacial score (nSPS) is 30.8. The minimum Gasteiger partial charge on any atom is -0.300 e. The second-order valence-electron chi connectivity index (χ2n) is 7.30. The van der Waals surface area contributed by atoms with Crippen LogP contribution in [0, 0.1) is 11.3 Å². The molecule has 1 aliphatic heterocycles. The maximum atomic E-state index is 2.71. The molecule has 1 heterocycles. The number of allylic oxidation sites excluding steroid dienone is 2. The van der Waals surface area contributed by atoms with Crippen LogP contribution < -0.4 is 0 Å². The molecule has 1 atom stereocenters. The molecule has 0 amide bonds. The zero-order valence-electron chi connectivity index (χ0n) is 13.1. The first-order chi connectivity index (χ1) is 8.43. The summed E-state index contributed by atoms with van der Waals surface area (Å²) >= 11 is 0. The lowest BCUT2D eigenvalue weighted by atomic mass is 9.65.